The minimum Gasteiger partial charge on any atom is -0.508 e. The summed E-state index contributed by atoms with van der Waals surface area (Å²) in [7, 11) is 0. The zero-order valence-electron chi connectivity index (χ0n) is 10.2. The van der Waals surface area contributed by atoms with Gasteiger partial charge in [0.05, 0.1) is 5.57 Å². The first-order valence-electron chi connectivity index (χ1n) is 5.70. The zero-order valence-corrected chi connectivity index (χ0v) is 11.0. The number of carboxylic acid groups (broad SMARTS) is 1. The molecular formula is C15H11ClO4. The molecule has 0 aliphatic rings. The standard InChI is InChI=1S/C15H11ClO4/c16-11-3-6-14(18)10(7-11)8-13(15(19)20)9-1-4-12(17)5-2-9/h1-8,17-18H,(H,19,20)/b13-8-. The number of carbonyl (C=O) groups is 1. The van der Waals surface area contributed by atoms with Crippen LogP contribution >= 0.6 is 11.6 Å². The molecule has 0 saturated carbocycles. The molecule has 0 atom stereocenters. The van der Waals surface area contributed by atoms with Crippen LogP contribution in [0.25, 0.3) is 11.6 Å². The fourth-order valence-electron chi connectivity index (χ4n) is 1.71. The lowest BCUT2D eigenvalue weighted by molar-refractivity contribution is -0.130. The molecule has 0 radical (unpaired) electrons. The number of aromatic hydroxyl groups is 2. The lowest BCUT2D eigenvalue weighted by Gasteiger charge is -2.05. The molecule has 0 aliphatic carbocycles. The first-order valence-corrected chi connectivity index (χ1v) is 6.08. The van der Waals surface area contributed by atoms with E-state index in [0.29, 0.717) is 16.1 Å². The van der Waals surface area contributed by atoms with Gasteiger partial charge >= 0.3 is 5.97 Å². The second-order valence-electron chi connectivity index (χ2n) is 4.11. The van der Waals surface area contributed by atoms with E-state index in [0.717, 1.165) is 0 Å². The van der Waals surface area contributed by atoms with E-state index < -0.39 is 5.97 Å². The van der Waals surface area contributed by atoms with E-state index in [1.165, 1.54) is 48.5 Å². The molecule has 0 aromatic heterocycles. The highest BCUT2D eigenvalue weighted by atomic mass is 35.5. The van der Waals surface area contributed by atoms with Crippen LogP contribution in [0, 0.1) is 0 Å². The molecule has 2 aromatic rings. The van der Waals surface area contributed by atoms with Crippen molar-refractivity contribution in [3.05, 3.63) is 58.6 Å². The number of rotatable bonds is 3. The number of halogens is 1. The molecule has 0 heterocycles. The van der Waals surface area contributed by atoms with Crippen molar-refractivity contribution >= 4 is 29.2 Å². The van der Waals surface area contributed by atoms with Gasteiger partial charge < -0.3 is 15.3 Å². The molecule has 3 N–H and O–H groups in total. The maximum atomic E-state index is 11.3. The number of phenolic OH excluding ortho intramolecular Hbond substituents is 2. The Kier molecular flexibility index (Phi) is 3.96. The summed E-state index contributed by atoms with van der Waals surface area (Å²) in [6.45, 7) is 0. The van der Waals surface area contributed by atoms with Crippen LogP contribution in [-0.2, 0) is 4.79 Å². The smallest absolute Gasteiger partial charge is 0.336 e. The lowest BCUT2D eigenvalue weighted by Crippen LogP contribution is -1.99. The second kappa shape index (κ2) is 5.67. The van der Waals surface area contributed by atoms with Crippen LogP contribution in [0.5, 0.6) is 11.5 Å². The van der Waals surface area contributed by atoms with Crippen LogP contribution in [0.15, 0.2) is 42.5 Å². The van der Waals surface area contributed by atoms with Crippen molar-refractivity contribution in [3.63, 3.8) is 0 Å². The maximum Gasteiger partial charge on any atom is 0.336 e. The Hall–Kier alpha value is -2.46. The summed E-state index contributed by atoms with van der Waals surface area (Å²) >= 11 is 5.83. The van der Waals surface area contributed by atoms with Crippen LogP contribution < -0.4 is 0 Å². The average Bonchev–Trinajstić information content (AvgIpc) is 2.40. The van der Waals surface area contributed by atoms with Gasteiger partial charge in [0.25, 0.3) is 0 Å². The Morgan fingerprint density at radius 1 is 1.05 bits per heavy atom. The number of benzene rings is 2. The number of phenols is 2. The monoisotopic (exact) mass is 290 g/mol. The molecule has 4 nitrogen and oxygen atoms in total. The molecule has 0 unspecified atom stereocenters. The molecule has 2 rings (SSSR count). The van der Waals surface area contributed by atoms with E-state index in [4.69, 9.17) is 11.6 Å². The molecule has 0 aliphatic heterocycles. The van der Waals surface area contributed by atoms with Gasteiger partial charge in [-0.15, -0.1) is 0 Å². The van der Waals surface area contributed by atoms with Gasteiger partial charge in [-0.3, -0.25) is 0 Å². The van der Waals surface area contributed by atoms with Crippen LogP contribution in [0.2, 0.25) is 5.02 Å². The van der Waals surface area contributed by atoms with E-state index in [-0.39, 0.29) is 17.1 Å². The molecule has 102 valence electrons. The number of aliphatic carboxylic acids is 1. The largest absolute Gasteiger partial charge is 0.508 e. The Morgan fingerprint density at radius 2 is 1.70 bits per heavy atom. The molecule has 2 aromatic carbocycles. The Balaban J connectivity index is 2.53. The minimum atomic E-state index is -1.14. The molecular weight excluding hydrogens is 280 g/mol. The van der Waals surface area contributed by atoms with Crippen LogP contribution in [0.1, 0.15) is 11.1 Å². The van der Waals surface area contributed by atoms with Gasteiger partial charge in [0.2, 0.25) is 0 Å². The highest BCUT2D eigenvalue weighted by Gasteiger charge is 2.12. The van der Waals surface area contributed by atoms with Crippen molar-refractivity contribution in [3.8, 4) is 11.5 Å². The van der Waals surface area contributed by atoms with Crippen LogP contribution in [-0.4, -0.2) is 21.3 Å². The normalized spacial score (nSPS) is 11.3. The second-order valence-corrected chi connectivity index (χ2v) is 4.55. The summed E-state index contributed by atoms with van der Waals surface area (Å²) in [5, 5.41) is 28.6. The van der Waals surface area contributed by atoms with E-state index >= 15 is 0 Å². The topological polar surface area (TPSA) is 77.8 Å². The SMILES string of the molecule is O=C(O)/C(=C\c1cc(Cl)ccc1O)c1ccc(O)cc1. The fourth-order valence-corrected chi connectivity index (χ4v) is 1.89. The van der Waals surface area contributed by atoms with E-state index in [1.807, 2.05) is 0 Å². The lowest BCUT2D eigenvalue weighted by atomic mass is 10.0. The fraction of sp³-hybridized carbons (Fsp3) is 0. The highest BCUT2D eigenvalue weighted by molar-refractivity contribution is 6.31. The average molecular weight is 291 g/mol. The third kappa shape index (κ3) is 3.10. The molecule has 0 saturated heterocycles. The van der Waals surface area contributed by atoms with Gasteiger partial charge in [-0.1, -0.05) is 23.7 Å². The van der Waals surface area contributed by atoms with Gasteiger partial charge in [0, 0.05) is 10.6 Å². The van der Waals surface area contributed by atoms with Crippen molar-refractivity contribution in [1.29, 1.82) is 0 Å². The van der Waals surface area contributed by atoms with Gasteiger partial charge in [0.15, 0.2) is 0 Å². The number of carboxylic acids is 1. The summed E-state index contributed by atoms with van der Waals surface area (Å²) in [4.78, 5) is 11.3. The van der Waals surface area contributed by atoms with Crippen LogP contribution in [0.4, 0.5) is 0 Å². The van der Waals surface area contributed by atoms with Gasteiger partial charge in [-0.05, 0) is 42.0 Å². The number of hydrogen-bond donors (Lipinski definition) is 3. The first-order chi connectivity index (χ1) is 9.47. The summed E-state index contributed by atoms with van der Waals surface area (Å²) in [6.07, 6.45) is 1.33. The minimum absolute atomic E-state index is 0.0115. The molecule has 0 spiro atoms. The predicted octanol–water partition coefficient (Wildman–Crippen LogP) is 3.38. The molecule has 0 bridgehead atoms. The van der Waals surface area contributed by atoms with E-state index in [9.17, 15) is 20.1 Å². The third-order valence-corrected chi connectivity index (χ3v) is 2.93. The Bertz CT molecular complexity index is 675. The van der Waals surface area contributed by atoms with Crippen molar-refractivity contribution < 1.29 is 20.1 Å². The van der Waals surface area contributed by atoms with Crippen molar-refractivity contribution in [2.45, 2.75) is 0 Å². The van der Waals surface area contributed by atoms with Gasteiger partial charge in [-0.25, -0.2) is 4.79 Å². The van der Waals surface area contributed by atoms with Crippen molar-refractivity contribution in [2.24, 2.45) is 0 Å². The summed E-state index contributed by atoms with van der Waals surface area (Å²) in [6, 6.07) is 10.1. The van der Waals surface area contributed by atoms with Gasteiger partial charge in [0.1, 0.15) is 11.5 Å². The highest BCUT2D eigenvalue weighted by Crippen LogP contribution is 2.27. The van der Waals surface area contributed by atoms with E-state index in [2.05, 4.69) is 0 Å². The van der Waals surface area contributed by atoms with Crippen molar-refractivity contribution in [1.82, 2.24) is 0 Å². The zero-order chi connectivity index (χ0) is 14.7. The van der Waals surface area contributed by atoms with Crippen LogP contribution in [0.3, 0.4) is 0 Å². The first kappa shape index (κ1) is 14.0. The Morgan fingerprint density at radius 3 is 2.30 bits per heavy atom. The predicted molar refractivity (Wildman–Crippen MR) is 76.7 cm³/mol. The quantitative estimate of drug-likeness (QED) is 0.598. The summed E-state index contributed by atoms with van der Waals surface area (Å²) in [5.41, 5.74) is 0.709. The number of hydrogen-bond acceptors (Lipinski definition) is 3. The summed E-state index contributed by atoms with van der Waals surface area (Å²) in [5.74, 6) is -1.16. The molecule has 0 fully saturated rings. The molecule has 5 heteroatoms. The van der Waals surface area contributed by atoms with Crippen molar-refractivity contribution in [2.75, 3.05) is 0 Å². The maximum absolute atomic E-state index is 11.3. The summed E-state index contributed by atoms with van der Waals surface area (Å²) < 4.78 is 0. The van der Waals surface area contributed by atoms with E-state index in [1.54, 1.807) is 0 Å². The van der Waals surface area contributed by atoms with Gasteiger partial charge in [-0.2, -0.15) is 0 Å². The Labute approximate surface area is 120 Å². The molecule has 0 amide bonds. The molecule has 20 heavy (non-hydrogen) atoms. The third-order valence-electron chi connectivity index (χ3n) is 2.70.